The van der Waals surface area contributed by atoms with E-state index >= 15 is 0 Å². The van der Waals surface area contributed by atoms with Gasteiger partial charge in [0.05, 0.1) is 25.3 Å². The minimum absolute atomic E-state index is 0.216. The molecule has 0 aliphatic carbocycles. The van der Waals surface area contributed by atoms with Gasteiger partial charge >= 0.3 is 0 Å². The van der Waals surface area contributed by atoms with Crippen LogP contribution in [0.1, 0.15) is 37.4 Å². The standard InChI is InChI=1S/C29H26N2O5/c1-35-26-15-19-12-13-30-23(22(19)16-27(26)36-2)17-25(32)24(14-18-8-4-3-5-9-18)31-28(33)20-10-6-7-11-21(20)29(31)34/h3-11,15-17,24,30H,12-14H2,1-2H3/b23-17-. The number of nitrogens with zero attached hydrogens (tertiary/aromatic N) is 1. The Morgan fingerprint density at radius 3 is 2.17 bits per heavy atom. The van der Waals surface area contributed by atoms with Gasteiger partial charge in [-0.3, -0.25) is 19.3 Å². The number of fused-ring (bicyclic) bond motifs is 2. The number of methoxy groups -OCH3 is 2. The van der Waals surface area contributed by atoms with Crippen LogP contribution in [0.15, 0.2) is 72.8 Å². The van der Waals surface area contributed by atoms with Crippen LogP contribution in [0.5, 0.6) is 11.5 Å². The first-order chi connectivity index (χ1) is 17.5. The van der Waals surface area contributed by atoms with Crippen molar-refractivity contribution in [1.82, 2.24) is 10.2 Å². The first kappa shape index (κ1) is 23.4. The third kappa shape index (κ3) is 4.13. The lowest BCUT2D eigenvalue weighted by atomic mass is 9.94. The van der Waals surface area contributed by atoms with E-state index in [-0.39, 0.29) is 12.2 Å². The average molecular weight is 483 g/mol. The SMILES string of the molecule is COc1cc2c(cc1OC)/C(=C/C(=O)C(Cc1ccccc1)N1C(=O)c3ccccc3C1=O)NCC2. The molecule has 1 unspecified atom stereocenters. The quantitative estimate of drug-likeness (QED) is 0.409. The van der Waals surface area contributed by atoms with Crippen LogP contribution in [0.25, 0.3) is 5.70 Å². The van der Waals surface area contributed by atoms with Crippen molar-refractivity contribution in [1.29, 1.82) is 0 Å². The molecule has 7 heteroatoms. The average Bonchev–Trinajstić information content (AvgIpc) is 3.16. The minimum Gasteiger partial charge on any atom is -0.493 e. The van der Waals surface area contributed by atoms with Gasteiger partial charge < -0.3 is 14.8 Å². The second-order valence-electron chi connectivity index (χ2n) is 8.73. The maximum Gasteiger partial charge on any atom is 0.262 e. The van der Waals surface area contributed by atoms with Gasteiger partial charge in [0, 0.05) is 30.3 Å². The number of imide groups is 1. The summed E-state index contributed by atoms with van der Waals surface area (Å²) in [6, 6.07) is 18.8. The van der Waals surface area contributed by atoms with Gasteiger partial charge in [-0.05, 0) is 41.8 Å². The minimum atomic E-state index is -0.986. The van der Waals surface area contributed by atoms with Crippen molar-refractivity contribution in [3.63, 3.8) is 0 Å². The van der Waals surface area contributed by atoms with Gasteiger partial charge in [-0.1, -0.05) is 42.5 Å². The van der Waals surface area contributed by atoms with Gasteiger partial charge in [-0.2, -0.15) is 0 Å². The molecule has 0 bridgehead atoms. The summed E-state index contributed by atoms with van der Waals surface area (Å²) in [6.45, 7) is 0.637. The third-order valence-electron chi connectivity index (χ3n) is 6.63. The Morgan fingerprint density at radius 2 is 1.53 bits per heavy atom. The Hall–Kier alpha value is -4.39. The van der Waals surface area contributed by atoms with E-state index in [1.807, 2.05) is 42.5 Å². The summed E-state index contributed by atoms with van der Waals surface area (Å²) in [6.07, 6.45) is 2.47. The molecule has 5 rings (SSSR count). The van der Waals surface area contributed by atoms with Crippen molar-refractivity contribution in [2.45, 2.75) is 18.9 Å². The monoisotopic (exact) mass is 482 g/mol. The van der Waals surface area contributed by atoms with Crippen LogP contribution in [0.3, 0.4) is 0 Å². The smallest absolute Gasteiger partial charge is 0.262 e. The summed E-state index contributed by atoms with van der Waals surface area (Å²) in [5, 5.41) is 3.30. The molecule has 0 saturated heterocycles. The number of ketones is 1. The first-order valence-electron chi connectivity index (χ1n) is 11.8. The highest BCUT2D eigenvalue weighted by molar-refractivity contribution is 6.23. The lowest BCUT2D eigenvalue weighted by Crippen LogP contribution is -2.46. The molecule has 0 radical (unpaired) electrons. The fourth-order valence-electron chi connectivity index (χ4n) is 4.82. The van der Waals surface area contributed by atoms with Crippen LogP contribution in [-0.2, 0) is 17.6 Å². The second kappa shape index (κ2) is 9.70. The summed E-state index contributed by atoms with van der Waals surface area (Å²) >= 11 is 0. The Morgan fingerprint density at radius 1 is 0.917 bits per heavy atom. The fourth-order valence-corrected chi connectivity index (χ4v) is 4.82. The number of nitrogens with one attached hydrogen (secondary N) is 1. The summed E-state index contributed by atoms with van der Waals surface area (Å²) in [5.74, 6) is -0.0619. The maximum absolute atomic E-state index is 13.8. The zero-order chi connectivity index (χ0) is 25.2. The molecular weight excluding hydrogens is 456 g/mol. The van der Waals surface area contributed by atoms with Crippen molar-refractivity contribution in [3.05, 3.63) is 101 Å². The molecule has 3 aromatic carbocycles. The molecule has 36 heavy (non-hydrogen) atoms. The third-order valence-corrected chi connectivity index (χ3v) is 6.63. The van der Waals surface area contributed by atoms with Gasteiger partial charge in [-0.25, -0.2) is 0 Å². The van der Waals surface area contributed by atoms with E-state index < -0.39 is 17.9 Å². The molecule has 2 aliphatic rings. The van der Waals surface area contributed by atoms with E-state index in [1.54, 1.807) is 38.5 Å². The Labute approximate surface area is 209 Å². The van der Waals surface area contributed by atoms with Gasteiger partial charge in [0.25, 0.3) is 11.8 Å². The van der Waals surface area contributed by atoms with Gasteiger partial charge in [0.15, 0.2) is 17.3 Å². The fraction of sp³-hybridized carbons (Fsp3) is 0.207. The summed E-state index contributed by atoms with van der Waals surface area (Å²) in [4.78, 5) is 41.5. The first-order valence-corrected chi connectivity index (χ1v) is 11.8. The molecule has 0 spiro atoms. The van der Waals surface area contributed by atoms with E-state index in [0.29, 0.717) is 34.9 Å². The number of carbonyl (C=O) groups is 3. The Balaban J connectivity index is 1.55. The molecule has 7 nitrogen and oxygen atoms in total. The largest absolute Gasteiger partial charge is 0.493 e. The number of carbonyl (C=O) groups excluding carboxylic acids is 3. The van der Waals surface area contributed by atoms with E-state index in [4.69, 9.17) is 9.47 Å². The van der Waals surface area contributed by atoms with E-state index in [0.717, 1.165) is 28.0 Å². The number of hydrogen-bond acceptors (Lipinski definition) is 6. The maximum atomic E-state index is 13.8. The van der Waals surface area contributed by atoms with Crippen LogP contribution in [0, 0.1) is 0 Å². The van der Waals surface area contributed by atoms with Crippen LogP contribution in [0.4, 0.5) is 0 Å². The second-order valence-corrected chi connectivity index (χ2v) is 8.73. The van der Waals surface area contributed by atoms with Crippen molar-refractivity contribution >= 4 is 23.3 Å². The van der Waals surface area contributed by atoms with Crippen LogP contribution in [0.2, 0.25) is 0 Å². The topological polar surface area (TPSA) is 84.9 Å². The number of ether oxygens (including phenoxy) is 2. The molecule has 1 atom stereocenters. The van der Waals surface area contributed by atoms with Crippen LogP contribution >= 0.6 is 0 Å². The molecule has 1 N–H and O–H groups in total. The number of benzene rings is 3. The van der Waals surface area contributed by atoms with Gasteiger partial charge in [-0.15, -0.1) is 0 Å². The van der Waals surface area contributed by atoms with Crippen molar-refractivity contribution in [2.75, 3.05) is 20.8 Å². The molecule has 2 heterocycles. The van der Waals surface area contributed by atoms with Crippen molar-refractivity contribution in [3.8, 4) is 11.5 Å². The van der Waals surface area contributed by atoms with E-state index in [1.165, 1.54) is 6.08 Å². The lowest BCUT2D eigenvalue weighted by Gasteiger charge is -2.26. The number of hydrogen-bond donors (Lipinski definition) is 1. The normalized spacial score (nSPS) is 16.3. The summed E-state index contributed by atoms with van der Waals surface area (Å²) in [5.41, 5.74) is 3.96. The molecule has 2 amide bonds. The van der Waals surface area contributed by atoms with E-state index in [2.05, 4.69) is 5.32 Å². The number of amides is 2. The van der Waals surface area contributed by atoms with Gasteiger partial charge in [0.2, 0.25) is 0 Å². The molecule has 3 aromatic rings. The molecule has 0 saturated carbocycles. The highest BCUT2D eigenvalue weighted by atomic mass is 16.5. The highest BCUT2D eigenvalue weighted by Gasteiger charge is 2.42. The Bertz CT molecular complexity index is 1340. The highest BCUT2D eigenvalue weighted by Crippen LogP contribution is 2.35. The molecular formula is C29H26N2O5. The van der Waals surface area contributed by atoms with Crippen molar-refractivity contribution in [2.24, 2.45) is 0 Å². The van der Waals surface area contributed by atoms with E-state index in [9.17, 15) is 14.4 Å². The predicted molar refractivity (Wildman–Crippen MR) is 135 cm³/mol. The Kier molecular flexibility index (Phi) is 6.29. The van der Waals surface area contributed by atoms with Gasteiger partial charge in [0.1, 0.15) is 6.04 Å². The molecule has 0 aromatic heterocycles. The lowest BCUT2D eigenvalue weighted by molar-refractivity contribution is -0.118. The summed E-state index contributed by atoms with van der Waals surface area (Å²) < 4.78 is 10.9. The van der Waals surface area contributed by atoms with Crippen molar-refractivity contribution < 1.29 is 23.9 Å². The van der Waals surface area contributed by atoms with Crippen LogP contribution in [-0.4, -0.2) is 49.3 Å². The summed E-state index contributed by atoms with van der Waals surface area (Å²) in [7, 11) is 3.15. The predicted octanol–water partition coefficient (Wildman–Crippen LogP) is 3.67. The molecule has 2 aliphatic heterocycles. The molecule has 0 fully saturated rings. The molecule has 182 valence electrons. The zero-order valence-electron chi connectivity index (χ0n) is 20.1. The number of rotatable bonds is 7. The van der Waals surface area contributed by atoms with Crippen LogP contribution < -0.4 is 14.8 Å². The zero-order valence-corrected chi connectivity index (χ0v) is 20.1.